The average molecular weight is 278 g/mol. The zero-order valence-corrected chi connectivity index (χ0v) is 11.2. The quantitative estimate of drug-likeness (QED) is 0.545. The van der Waals surface area contributed by atoms with Gasteiger partial charge in [0.15, 0.2) is 5.17 Å². The summed E-state index contributed by atoms with van der Waals surface area (Å²) >= 11 is 1.30. The maximum absolute atomic E-state index is 10.0. The summed E-state index contributed by atoms with van der Waals surface area (Å²) in [5.41, 5.74) is -0.421. The zero-order valence-electron chi connectivity index (χ0n) is 10.4. The average Bonchev–Trinajstić information content (AvgIpc) is 2.76. The van der Waals surface area contributed by atoms with E-state index >= 15 is 0 Å². The largest absolute Gasteiger partial charge is 0.391 e. The molecule has 2 rings (SSSR count). The first-order valence-corrected chi connectivity index (χ1v) is 6.55. The van der Waals surface area contributed by atoms with Gasteiger partial charge in [0.1, 0.15) is 29.8 Å². The van der Waals surface area contributed by atoms with Crippen molar-refractivity contribution in [2.75, 3.05) is 14.2 Å². The van der Waals surface area contributed by atoms with Crippen LogP contribution >= 0.6 is 11.8 Å². The van der Waals surface area contributed by atoms with Crippen LogP contribution in [0, 0.1) is 0 Å². The SMILES string of the molecule is CON(C)C1=N[C@@H]2[C@@H](O)[C@H](O)[C@@H](C(C)O)O[C@@H]2S1. The van der Waals surface area contributed by atoms with E-state index in [4.69, 9.17) is 9.57 Å². The van der Waals surface area contributed by atoms with Crippen molar-refractivity contribution >= 4 is 16.9 Å². The predicted molar refractivity (Wildman–Crippen MR) is 65.9 cm³/mol. The normalized spacial score (nSPS) is 41.2. The van der Waals surface area contributed by atoms with Crippen LogP contribution in [0.3, 0.4) is 0 Å². The van der Waals surface area contributed by atoms with Crippen LogP contribution in [0.4, 0.5) is 0 Å². The summed E-state index contributed by atoms with van der Waals surface area (Å²) in [6.45, 7) is 1.52. The van der Waals surface area contributed by atoms with Gasteiger partial charge in [0.2, 0.25) is 0 Å². The predicted octanol–water partition coefficient (Wildman–Crippen LogP) is -1.22. The first-order valence-electron chi connectivity index (χ1n) is 5.67. The van der Waals surface area contributed by atoms with Gasteiger partial charge >= 0.3 is 0 Å². The Hall–Kier alpha value is -0.380. The molecule has 104 valence electrons. The molecule has 2 aliphatic heterocycles. The maximum Gasteiger partial charge on any atom is 0.186 e. The van der Waals surface area contributed by atoms with Gasteiger partial charge in [-0.3, -0.25) is 9.83 Å². The van der Waals surface area contributed by atoms with Crippen LogP contribution in [0.25, 0.3) is 0 Å². The van der Waals surface area contributed by atoms with E-state index in [0.29, 0.717) is 5.17 Å². The number of fused-ring (bicyclic) bond motifs is 1. The molecule has 3 N–H and O–H groups in total. The lowest BCUT2D eigenvalue weighted by atomic mass is 9.95. The number of hydroxylamine groups is 2. The molecule has 2 aliphatic rings. The molecule has 0 spiro atoms. The third kappa shape index (κ3) is 2.36. The molecule has 7 nitrogen and oxygen atoms in total. The Bertz CT molecular complexity index is 340. The number of hydrogen-bond acceptors (Lipinski definition) is 8. The third-order valence-corrected chi connectivity index (χ3v) is 4.30. The Morgan fingerprint density at radius 3 is 2.67 bits per heavy atom. The van der Waals surface area contributed by atoms with E-state index in [1.807, 2.05) is 0 Å². The van der Waals surface area contributed by atoms with Crippen molar-refractivity contribution in [3.63, 3.8) is 0 Å². The molecular formula is C10H18N2O5S. The lowest BCUT2D eigenvalue weighted by Gasteiger charge is -2.39. The molecule has 6 atom stereocenters. The standard InChI is InChI=1S/C10H18N2O5S/c1-4(13)8-7(15)6(14)5-9(17-8)18-10(11-5)12(2)16-3/h4-9,13-15H,1-3H3/t4?,5-,6-,7+,8-,9-/m1/s1. The van der Waals surface area contributed by atoms with Gasteiger partial charge in [-0.05, 0) is 6.92 Å². The molecule has 0 aromatic heterocycles. The van der Waals surface area contributed by atoms with E-state index in [1.165, 1.54) is 30.9 Å². The van der Waals surface area contributed by atoms with Crippen LogP contribution in [0.15, 0.2) is 4.99 Å². The highest BCUT2D eigenvalue weighted by atomic mass is 32.2. The summed E-state index contributed by atoms with van der Waals surface area (Å²) in [5.74, 6) is 0. The Kier molecular flexibility index (Phi) is 4.15. The Balaban J connectivity index is 2.13. The fourth-order valence-electron chi connectivity index (χ4n) is 2.00. The second kappa shape index (κ2) is 5.32. The van der Waals surface area contributed by atoms with Crippen LogP contribution in [0.1, 0.15) is 6.92 Å². The first-order chi connectivity index (χ1) is 8.45. The minimum absolute atomic E-state index is 0.421. The molecule has 1 unspecified atom stereocenters. The summed E-state index contributed by atoms with van der Waals surface area (Å²) in [6, 6.07) is -0.549. The number of ether oxygens (including phenoxy) is 1. The van der Waals surface area contributed by atoms with Crippen LogP contribution < -0.4 is 0 Å². The van der Waals surface area contributed by atoms with Crippen molar-refractivity contribution < 1.29 is 24.9 Å². The van der Waals surface area contributed by atoms with Crippen LogP contribution in [-0.2, 0) is 9.57 Å². The lowest BCUT2D eigenvalue weighted by Crippen LogP contribution is -2.57. The van der Waals surface area contributed by atoms with Crippen molar-refractivity contribution in [3.05, 3.63) is 0 Å². The summed E-state index contributed by atoms with van der Waals surface area (Å²) in [4.78, 5) is 9.28. The summed E-state index contributed by atoms with van der Waals surface area (Å²) < 4.78 is 5.59. The van der Waals surface area contributed by atoms with Crippen molar-refractivity contribution in [2.45, 2.75) is 42.8 Å². The smallest absolute Gasteiger partial charge is 0.186 e. The van der Waals surface area contributed by atoms with Gasteiger partial charge in [0, 0.05) is 7.05 Å². The molecule has 0 bridgehead atoms. The Morgan fingerprint density at radius 2 is 2.11 bits per heavy atom. The highest BCUT2D eigenvalue weighted by Crippen LogP contribution is 2.37. The number of rotatable bonds is 2. The number of aliphatic imine (C=N–C) groups is 1. The Labute approximate surface area is 109 Å². The number of thioether (sulfide) groups is 1. The van der Waals surface area contributed by atoms with E-state index in [0.717, 1.165) is 0 Å². The third-order valence-electron chi connectivity index (χ3n) is 3.11. The molecule has 0 aromatic carbocycles. The molecule has 2 heterocycles. The molecule has 18 heavy (non-hydrogen) atoms. The van der Waals surface area contributed by atoms with E-state index in [-0.39, 0.29) is 0 Å². The molecule has 0 amide bonds. The van der Waals surface area contributed by atoms with Gasteiger partial charge in [0.25, 0.3) is 0 Å². The van der Waals surface area contributed by atoms with Crippen LogP contribution in [0.5, 0.6) is 0 Å². The van der Waals surface area contributed by atoms with Crippen LogP contribution in [-0.4, -0.2) is 75.6 Å². The second-order valence-electron chi connectivity index (χ2n) is 4.39. The number of hydrogen-bond donors (Lipinski definition) is 3. The maximum atomic E-state index is 10.0. The first kappa shape index (κ1) is 14.0. The second-order valence-corrected chi connectivity index (χ2v) is 5.46. The van der Waals surface area contributed by atoms with E-state index in [1.54, 1.807) is 7.05 Å². The van der Waals surface area contributed by atoms with Crippen molar-refractivity contribution in [3.8, 4) is 0 Å². The fourth-order valence-corrected chi connectivity index (χ4v) is 3.16. The number of amidine groups is 1. The van der Waals surface area contributed by atoms with Gasteiger partial charge in [-0.25, -0.2) is 5.06 Å². The van der Waals surface area contributed by atoms with Gasteiger partial charge < -0.3 is 20.1 Å². The monoisotopic (exact) mass is 278 g/mol. The van der Waals surface area contributed by atoms with E-state index in [9.17, 15) is 15.3 Å². The molecule has 1 fully saturated rings. The highest BCUT2D eigenvalue weighted by molar-refractivity contribution is 8.14. The minimum atomic E-state index is -1.15. The van der Waals surface area contributed by atoms with E-state index < -0.39 is 35.9 Å². The number of aliphatic hydroxyl groups excluding tert-OH is 3. The summed E-state index contributed by atoms with van der Waals surface area (Å²) in [6.07, 6.45) is -3.88. The van der Waals surface area contributed by atoms with Crippen molar-refractivity contribution in [1.29, 1.82) is 0 Å². The van der Waals surface area contributed by atoms with Crippen LogP contribution in [0.2, 0.25) is 0 Å². The molecule has 0 aliphatic carbocycles. The number of aliphatic hydroxyl groups is 3. The molecule has 8 heteroatoms. The van der Waals surface area contributed by atoms with Gasteiger partial charge in [-0.2, -0.15) is 0 Å². The Morgan fingerprint density at radius 1 is 1.44 bits per heavy atom. The summed E-state index contributed by atoms with van der Waals surface area (Å²) in [7, 11) is 3.20. The van der Waals surface area contributed by atoms with Crippen molar-refractivity contribution in [1.82, 2.24) is 5.06 Å². The lowest BCUT2D eigenvalue weighted by molar-refractivity contribution is -0.181. The zero-order chi connectivity index (χ0) is 13.4. The number of nitrogens with zero attached hydrogens (tertiary/aromatic N) is 2. The van der Waals surface area contributed by atoms with Gasteiger partial charge in [-0.1, -0.05) is 11.8 Å². The van der Waals surface area contributed by atoms with Crippen molar-refractivity contribution in [2.24, 2.45) is 4.99 Å². The van der Waals surface area contributed by atoms with E-state index in [2.05, 4.69) is 4.99 Å². The topological polar surface area (TPSA) is 94.8 Å². The minimum Gasteiger partial charge on any atom is -0.391 e. The molecule has 0 radical (unpaired) electrons. The van der Waals surface area contributed by atoms with Gasteiger partial charge in [0.05, 0.1) is 13.2 Å². The molecule has 0 saturated carbocycles. The van der Waals surface area contributed by atoms with Gasteiger partial charge in [-0.15, -0.1) is 0 Å². The highest BCUT2D eigenvalue weighted by Gasteiger charge is 2.49. The molecule has 1 saturated heterocycles. The summed E-state index contributed by atoms with van der Waals surface area (Å²) in [5, 5.41) is 31.5. The molecular weight excluding hydrogens is 260 g/mol. The fraction of sp³-hybridized carbons (Fsp3) is 0.900. The molecule has 0 aromatic rings.